The van der Waals surface area contributed by atoms with E-state index in [9.17, 15) is 9.18 Å². The van der Waals surface area contributed by atoms with Gasteiger partial charge in [0.25, 0.3) is 5.56 Å². The Morgan fingerprint density at radius 1 is 0.889 bits per heavy atom. The van der Waals surface area contributed by atoms with E-state index < -0.39 is 0 Å². The molecule has 0 aliphatic carbocycles. The molecular weight excluding hydrogens is 345 g/mol. The number of aryl methyl sites for hydroxylation is 2. The molecule has 0 radical (unpaired) electrons. The Hall–Kier alpha value is -2.92. The number of hydrogen-bond donors (Lipinski definition) is 1. The Bertz CT molecular complexity index is 918. The second-order valence-electron chi connectivity index (χ2n) is 6.35. The molecule has 0 unspecified atom stereocenters. The molecule has 5 heteroatoms. The minimum atomic E-state index is -0.288. The second kappa shape index (κ2) is 9.14. The van der Waals surface area contributed by atoms with Crippen LogP contribution >= 0.6 is 0 Å². The van der Waals surface area contributed by atoms with E-state index in [0.717, 1.165) is 23.1 Å². The lowest BCUT2D eigenvalue weighted by Gasteiger charge is -2.09. The molecule has 0 atom stereocenters. The summed E-state index contributed by atoms with van der Waals surface area (Å²) in [6, 6.07) is 17.3. The van der Waals surface area contributed by atoms with E-state index in [4.69, 9.17) is 9.84 Å². The molecule has 1 heterocycles. The van der Waals surface area contributed by atoms with Gasteiger partial charge >= 0.3 is 0 Å². The highest BCUT2D eigenvalue weighted by Crippen LogP contribution is 2.11. The van der Waals surface area contributed by atoms with Gasteiger partial charge in [-0.2, -0.15) is 0 Å². The lowest BCUT2D eigenvalue weighted by atomic mass is 10.1. The number of benzene rings is 2. The molecule has 3 rings (SSSR count). The summed E-state index contributed by atoms with van der Waals surface area (Å²) in [5, 5.41) is 8.94. The quantitative estimate of drug-likeness (QED) is 0.664. The molecule has 3 aromatic rings. The van der Waals surface area contributed by atoms with Gasteiger partial charge in [-0.05, 0) is 47.7 Å². The number of pyridine rings is 1. The summed E-state index contributed by atoms with van der Waals surface area (Å²) in [5.41, 5.74) is 2.95. The van der Waals surface area contributed by atoms with Crippen molar-refractivity contribution in [3.63, 3.8) is 0 Å². The number of hydrogen-bond acceptors (Lipinski definition) is 3. The van der Waals surface area contributed by atoms with Crippen LogP contribution in [-0.2, 0) is 26.0 Å². The molecule has 0 spiro atoms. The fourth-order valence-electron chi connectivity index (χ4n) is 2.76. The van der Waals surface area contributed by atoms with E-state index in [2.05, 4.69) is 0 Å². The van der Waals surface area contributed by atoms with Gasteiger partial charge < -0.3 is 14.4 Å². The number of aliphatic hydroxyl groups is 1. The molecule has 0 amide bonds. The predicted octanol–water partition coefficient (Wildman–Crippen LogP) is 3.34. The Morgan fingerprint density at radius 2 is 1.52 bits per heavy atom. The molecule has 140 valence electrons. The first-order valence-corrected chi connectivity index (χ1v) is 8.90. The summed E-state index contributed by atoms with van der Waals surface area (Å²) >= 11 is 0. The zero-order valence-electron chi connectivity index (χ0n) is 15.0. The highest BCUT2D eigenvalue weighted by molar-refractivity contribution is 5.23. The normalized spacial score (nSPS) is 10.7. The summed E-state index contributed by atoms with van der Waals surface area (Å²) in [4.78, 5) is 12.3. The molecule has 0 saturated heterocycles. The van der Waals surface area contributed by atoms with E-state index in [1.807, 2.05) is 24.3 Å². The molecule has 2 aromatic carbocycles. The van der Waals surface area contributed by atoms with Crippen LogP contribution in [0.1, 0.15) is 16.7 Å². The molecule has 0 aliphatic heterocycles. The lowest BCUT2D eigenvalue weighted by molar-refractivity contribution is 0.299. The van der Waals surface area contributed by atoms with Gasteiger partial charge in [0.1, 0.15) is 18.2 Å². The second-order valence-corrected chi connectivity index (χ2v) is 6.35. The maximum absolute atomic E-state index is 12.9. The first kappa shape index (κ1) is 18.9. The van der Waals surface area contributed by atoms with Gasteiger partial charge in [0.05, 0.1) is 0 Å². The van der Waals surface area contributed by atoms with Gasteiger partial charge in [0.2, 0.25) is 0 Å². The maximum atomic E-state index is 12.9. The van der Waals surface area contributed by atoms with Gasteiger partial charge in [-0.15, -0.1) is 0 Å². The Balaban J connectivity index is 1.56. The maximum Gasteiger partial charge on any atom is 0.254 e. The fraction of sp³-hybridized carbons (Fsp3) is 0.227. The number of rotatable bonds is 8. The van der Waals surface area contributed by atoms with Crippen molar-refractivity contribution in [1.29, 1.82) is 0 Å². The Morgan fingerprint density at radius 3 is 2.15 bits per heavy atom. The third kappa shape index (κ3) is 5.53. The number of halogens is 1. The third-order valence-corrected chi connectivity index (χ3v) is 4.35. The SMILES string of the molecule is O=c1cc(OCc2ccc(F)cc2)ccn1CCc1ccc(CCO)cc1. The lowest BCUT2D eigenvalue weighted by Crippen LogP contribution is -2.19. The van der Waals surface area contributed by atoms with Crippen molar-refractivity contribution in [2.45, 2.75) is 26.0 Å². The molecule has 0 saturated carbocycles. The molecular formula is C22H22FNO3. The van der Waals surface area contributed by atoms with Crippen LogP contribution in [0.2, 0.25) is 0 Å². The summed E-state index contributed by atoms with van der Waals surface area (Å²) in [6.07, 6.45) is 3.12. The van der Waals surface area contributed by atoms with E-state index in [0.29, 0.717) is 18.7 Å². The van der Waals surface area contributed by atoms with Gasteiger partial charge in [0, 0.05) is 25.4 Å². The van der Waals surface area contributed by atoms with Crippen LogP contribution in [-0.4, -0.2) is 16.3 Å². The number of nitrogens with zero attached hydrogens (tertiary/aromatic N) is 1. The average Bonchev–Trinajstić information content (AvgIpc) is 2.68. The van der Waals surface area contributed by atoms with Gasteiger partial charge in [-0.3, -0.25) is 4.79 Å². The van der Waals surface area contributed by atoms with Gasteiger partial charge in [-0.1, -0.05) is 36.4 Å². The standard InChI is InChI=1S/C22H22FNO3/c23-20-7-5-19(6-8-20)16-27-21-10-13-24(22(26)15-21)12-9-17-1-3-18(4-2-17)11-14-25/h1-8,10,13,15,25H,9,11-12,14,16H2. The van der Waals surface area contributed by atoms with Crippen molar-refractivity contribution in [3.8, 4) is 5.75 Å². The summed E-state index contributed by atoms with van der Waals surface area (Å²) in [5.74, 6) is 0.207. The Labute approximate surface area is 157 Å². The smallest absolute Gasteiger partial charge is 0.254 e. The van der Waals surface area contributed by atoms with Crippen molar-refractivity contribution in [1.82, 2.24) is 4.57 Å². The predicted molar refractivity (Wildman–Crippen MR) is 102 cm³/mol. The van der Waals surface area contributed by atoms with Crippen molar-refractivity contribution in [2.24, 2.45) is 0 Å². The zero-order valence-corrected chi connectivity index (χ0v) is 15.0. The van der Waals surface area contributed by atoms with Crippen molar-refractivity contribution < 1.29 is 14.2 Å². The highest BCUT2D eigenvalue weighted by Gasteiger charge is 2.02. The summed E-state index contributed by atoms with van der Waals surface area (Å²) < 4.78 is 20.2. The highest BCUT2D eigenvalue weighted by atomic mass is 19.1. The molecule has 1 aromatic heterocycles. The van der Waals surface area contributed by atoms with Gasteiger partial charge in [0.15, 0.2) is 0 Å². The minimum Gasteiger partial charge on any atom is -0.489 e. The average molecular weight is 367 g/mol. The van der Waals surface area contributed by atoms with E-state index in [1.54, 1.807) is 29.0 Å². The van der Waals surface area contributed by atoms with Gasteiger partial charge in [-0.25, -0.2) is 4.39 Å². The number of aromatic nitrogens is 1. The first-order valence-electron chi connectivity index (χ1n) is 8.90. The van der Waals surface area contributed by atoms with E-state index in [1.165, 1.54) is 18.2 Å². The van der Waals surface area contributed by atoms with Crippen LogP contribution in [0.5, 0.6) is 5.75 Å². The topological polar surface area (TPSA) is 51.5 Å². The van der Waals surface area contributed by atoms with Crippen molar-refractivity contribution in [2.75, 3.05) is 6.61 Å². The van der Waals surface area contributed by atoms with Crippen LogP contribution < -0.4 is 10.3 Å². The number of ether oxygens (including phenoxy) is 1. The van der Waals surface area contributed by atoms with Crippen LogP contribution in [0.15, 0.2) is 71.7 Å². The van der Waals surface area contributed by atoms with Crippen molar-refractivity contribution >= 4 is 0 Å². The largest absolute Gasteiger partial charge is 0.489 e. The molecule has 27 heavy (non-hydrogen) atoms. The monoisotopic (exact) mass is 367 g/mol. The Kier molecular flexibility index (Phi) is 6.39. The zero-order chi connectivity index (χ0) is 19.1. The van der Waals surface area contributed by atoms with E-state index >= 15 is 0 Å². The molecule has 0 fully saturated rings. The minimum absolute atomic E-state index is 0.122. The van der Waals surface area contributed by atoms with Crippen LogP contribution in [0.25, 0.3) is 0 Å². The molecule has 0 bridgehead atoms. The van der Waals surface area contributed by atoms with E-state index in [-0.39, 0.29) is 24.6 Å². The molecule has 0 aliphatic rings. The fourth-order valence-corrected chi connectivity index (χ4v) is 2.76. The first-order chi connectivity index (χ1) is 13.1. The summed E-state index contributed by atoms with van der Waals surface area (Å²) in [6.45, 7) is 1.00. The van der Waals surface area contributed by atoms with Crippen LogP contribution in [0.4, 0.5) is 4.39 Å². The number of aliphatic hydroxyl groups excluding tert-OH is 1. The van der Waals surface area contributed by atoms with Crippen molar-refractivity contribution in [3.05, 3.63) is 99.7 Å². The molecule has 4 nitrogen and oxygen atoms in total. The van der Waals surface area contributed by atoms with Crippen LogP contribution in [0.3, 0.4) is 0 Å². The third-order valence-electron chi connectivity index (χ3n) is 4.35. The van der Waals surface area contributed by atoms with Crippen LogP contribution in [0, 0.1) is 5.82 Å². The molecule has 1 N–H and O–H groups in total. The summed E-state index contributed by atoms with van der Waals surface area (Å²) in [7, 11) is 0.